The summed E-state index contributed by atoms with van der Waals surface area (Å²) in [6.45, 7) is 7.97. The Balaban J connectivity index is 1.66. The molecule has 25 heavy (non-hydrogen) atoms. The highest BCUT2D eigenvalue weighted by Crippen LogP contribution is 2.18. The van der Waals surface area contributed by atoms with Gasteiger partial charge >= 0.3 is 5.97 Å². The number of aryl methyl sites for hydroxylation is 1. The van der Waals surface area contributed by atoms with Gasteiger partial charge in [0.05, 0.1) is 11.1 Å². The third kappa shape index (κ3) is 3.65. The third-order valence-electron chi connectivity index (χ3n) is 4.78. The normalized spacial score (nSPS) is 16.8. The van der Waals surface area contributed by atoms with Crippen LogP contribution < -0.4 is 0 Å². The Morgan fingerprint density at radius 3 is 2.72 bits per heavy atom. The van der Waals surface area contributed by atoms with Crippen LogP contribution in [0.2, 0.25) is 0 Å². The highest BCUT2D eigenvalue weighted by molar-refractivity contribution is 5.95. The van der Waals surface area contributed by atoms with Crippen LogP contribution in [0.1, 0.15) is 44.0 Å². The number of ether oxygens (including phenoxy) is 1. The number of esters is 1. The summed E-state index contributed by atoms with van der Waals surface area (Å²) < 4.78 is 7.13. The Hall–Kier alpha value is -2.44. The maximum absolute atomic E-state index is 12.4. The Kier molecular flexibility index (Phi) is 5.01. The highest BCUT2D eigenvalue weighted by Gasteiger charge is 2.27. The Morgan fingerprint density at radius 2 is 2.04 bits per heavy atom. The van der Waals surface area contributed by atoms with Gasteiger partial charge in [-0.05, 0) is 50.8 Å². The standard InChI is InChI=1S/C18H24N4O3/c1-4-22-16-6-5-14(11-15(16)19-20-22)18(24)25-13(3)17(23)21-9-7-12(2)8-10-21/h5-6,11-13H,4,7-10H2,1-3H3. The highest BCUT2D eigenvalue weighted by atomic mass is 16.5. The second-order valence-corrected chi connectivity index (χ2v) is 6.66. The summed E-state index contributed by atoms with van der Waals surface area (Å²) in [6.07, 6.45) is 1.20. The number of hydrogen-bond donors (Lipinski definition) is 0. The molecule has 7 heteroatoms. The van der Waals surface area contributed by atoms with Gasteiger partial charge in [0.15, 0.2) is 6.10 Å². The van der Waals surface area contributed by atoms with E-state index >= 15 is 0 Å². The molecule has 2 heterocycles. The molecule has 134 valence electrons. The summed E-state index contributed by atoms with van der Waals surface area (Å²) >= 11 is 0. The monoisotopic (exact) mass is 344 g/mol. The molecule has 2 aromatic rings. The first-order chi connectivity index (χ1) is 12.0. The molecule has 0 radical (unpaired) electrons. The first-order valence-corrected chi connectivity index (χ1v) is 8.82. The van der Waals surface area contributed by atoms with Crippen molar-refractivity contribution in [2.24, 2.45) is 5.92 Å². The van der Waals surface area contributed by atoms with Crippen LogP contribution in [0.15, 0.2) is 18.2 Å². The van der Waals surface area contributed by atoms with E-state index < -0.39 is 12.1 Å². The second-order valence-electron chi connectivity index (χ2n) is 6.66. The van der Waals surface area contributed by atoms with Crippen LogP contribution in [0.4, 0.5) is 0 Å². The number of likely N-dealkylation sites (tertiary alicyclic amines) is 1. The van der Waals surface area contributed by atoms with Crippen LogP contribution in [-0.4, -0.2) is 51.0 Å². The molecular formula is C18H24N4O3. The molecule has 1 amide bonds. The molecule has 3 rings (SSSR count). The van der Waals surface area contributed by atoms with E-state index in [0.717, 1.165) is 31.4 Å². The summed E-state index contributed by atoms with van der Waals surface area (Å²) in [6, 6.07) is 5.13. The topological polar surface area (TPSA) is 77.3 Å². The minimum Gasteiger partial charge on any atom is -0.449 e. The fraction of sp³-hybridized carbons (Fsp3) is 0.556. The number of rotatable bonds is 4. The Bertz CT molecular complexity index is 778. The molecule has 1 aromatic heterocycles. The maximum Gasteiger partial charge on any atom is 0.338 e. The lowest BCUT2D eigenvalue weighted by atomic mass is 9.99. The molecule has 1 aliphatic rings. The fourth-order valence-electron chi connectivity index (χ4n) is 3.10. The molecule has 1 aliphatic heterocycles. The number of hydrogen-bond acceptors (Lipinski definition) is 5. The summed E-state index contributed by atoms with van der Waals surface area (Å²) in [5, 5.41) is 8.08. The predicted molar refractivity (Wildman–Crippen MR) is 93.1 cm³/mol. The van der Waals surface area contributed by atoms with Crippen LogP contribution in [0.25, 0.3) is 11.0 Å². The van der Waals surface area contributed by atoms with Gasteiger partial charge in [0.25, 0.3) is 5.91 Å². The lowest BCUT2D eigenvalue weighted by Gasteiger charge is -2.31. The third-order valence-corrected chi connectivity index (χ3v) is 4.78. The van der Waals surface area contributed by atoms with Gasteiger partial charge < -0.3 is 9.64 Å². The van der Waals surface area contributed by atoms with Crippen LogP contribution in [0.5, 0.6) is 0 Å². The first-order valence-electron chi connectivity index (χ1n) is 8.82. The molecule has 0 bridgehead atoms. The van der Waals surface area contributed by atoms with Crippen molar-refractivity contribution in [2.45, 2.75) is 46.3 Å². The van der Waals surface area contributed by atoms with E-state index in [0.29, 0.717) is 23.5 Å². The van der Waals surface area contributed by atoms with Crippen molar-refractivity contribution in [3.05, 3.63) is 23.8 Å². The molecule has 0 N–H and O–H groups in total. The summed E-state index contributed by atoms with van der Waals surface area (Å²) in [7, 11) is 0. The van der Waals surface area contributed by atoms with Crippen molar-refractivity contribution in [2.75, 3.05) is 13.1 Å². The van der Waals surface area contributed by atoms with Crippen molar-refractivity contribution >= 4 is 22.9 Å². The van der Waals surface area contributed by atoms with Crippen molar-refractivity contribution in [1.82, 2.24) is 19.9 Å². The lowest BCUT2D eigenvalue weighted by molar-refractivity contribution is -0.141. The molecule has 1 fully saturated rings. The SMILES string of the molecule is CCn1nnc2cc(C(=O)OC(C)C(=O)N3CCC(C)CC3)ccc21. The van der Waals surface area contributed by atoms with Crippen molar-refractivity contribution in [3.8, 4) is 0 Å². The average molecular weight is 344 g/mol. The average Bonchev–Trinajstić information content (AvgIpc) is 3.03. The van der Waals surface area contributed by atoms with Crippen LogP contribution in [0.3, 0.4) is 0 Å². The Morgan fingerprint density at radius 1 is 1.32 bits per heavy atom. The van der Waals surface area contributed by atoms with Gasteiger partial charge in [0, 0.05) is 19.6 Å². The zero-order valence-electron chi connectivity index (χ0n) is 14.9. The molecule has 1 unspecified atom stereocenters. The van der Waals surface area contributed by atoms with Gasteiger partial charge in [-0.1, -0.05) is 12.1 Å². The molecule has 7 nitrogen and oxygen atoms in total. The van der Waals surface area contributed by atoms with Crippen LogP contribution in [-0.2, 0) is 16.1 Å². The largest absolute Gasteiger partial charge is 0.449 e. The number of carbonyl (C=O) groups excluding carboxylic acids is 2. The molecule has 0 spiro atoms. The molecule has 0 aliphatic carbocycles. The number of nitrogens with zero attached hydrogens (tertiary/aromatic N) is 4. The summed E-state index contributed by atoms with van der Waals surface area (Å²) in [5.41, 5.74) is 1.88. The number of piperidine rings is 1. The fourth-order valence-corrected chi connectivity index (χ4v) is 3.10. The van der Waals surface area contributed by atoms with Crippen LogP contribution >= 0.6 is 0 Å². The summed E-state index contributed by atoms with van der Waals surface area (Å²) in [5.74, 6) is 0.00241. The lowest BCUT2D eigenvalue weighted by Crippen LogP contribution is -2.44. The van der Waals surface area contributed by atoms with Gasteiger partial charge in [-0.2, -0.15) is 0 Å². The molecule has 1 atom stereocenters. The number of benzene rings is 1. The zero-order chi connectivity index (χ0) is 18.0. The van der Waals surface area contributed by atoms with E-state index in [1.54, 1.807) is 34.7 Å². The van der Waals surface area contributed by atoms with Crippen molar-refractivity contribution in [3.63, 3.8) is 0 Å². The van der Waals surface area contributed by atoms with Gasteiger partial charge in [0.2, 0.25) is 0 Å². The van der Waals surface area contributed by atoms with Gasteiger partial charge in [-0.15, -0.1) is 5.10 Å². The molecule has 1 saturated heterocycles. The zero-order valence-corrected chi connectivity index (χ0v) is 14.9. The van der Waals surface area contributed by atoms with Gasteiger partial charge in [-0.3, -0.25) is 4.79 Å². The smallest absolute Gasteiger partial charge is 0.338 e. The Labute approximate surface area is 146 Å². The number of fused-ring (bicyclic) bond motifs is 1. The van der Waals surface area contributed by atoms with E-state index in [-0.39, 0.29) is 5.91 Å². The van der Waals surface area contributed by atoms with E-state index in [9.17, 15) is 9.59 Å². The molecule has 1 aromatic carbocycles. The van der Waals surface area contributed by atoms with Crippen molar-refractivity contribution in [1.29, 1.82) is 0 Å². The first kappa shape index (κ1) is 17.4. The van der Waals surface area contributed by atoms with E-state index in [2.05, 4.69) is 17.2 Å². The molecule has 0 saturated carbocycles. The number of amides is 1. The number of carbonyl (C=O) groups is 2. The van der Waals surface area contributed by atoms with E-state index in [1.807, 2.05) is 6.92 Å². The van der Waals surface area contributed by atoms with E-state index in [1.165, 1.54) is 0 Å². The molecular weight excluding hydrogens is 320 g/mol. The van der Waals surface area contributed by atoms with Crippen LogP contribution in [0, 0.1) is 5.92 Å². The van der Waals surface area contributed by atoms with Gasteiger partial charge in [0.1, 0.15) is 5.52 Å². The van der Waals surface area contributed by atoms with E-state index in [4.69, 9.17) is 4.74 Å². The minimum atomic E-state index is -0.789. The van der Waals surface area contributed by atoms with Gasteiger partial charge in [-0.25, -0.2) is 9.48 Å². The van der Waals surface area contributed by atoms with Crippen molar-refractivity contribution < 1.29 is 14.3 Å². The predicted octanol–water partition coefficient (Wildman–Crippen LogP) is 2.25. The summed E-state index contributed by atoms with van der Waals surface area (Å²) in [4.78, 5) is 26.6. The second kappa shape index (κ2) is 7.21. The number of aromatic nitrogens is 3. The minimum absolute atomic E-state index is 0.127. The maximum atomic E-state index is 12.4. The quantitative estimate of drug-likeness (QED) is 0.795.